The van der Waals surface area contributed by atoms with Gasteiger partial charge in [0.25, 0.3) is 0 Å². The van der Waals surface area contributed by atoms with Crippen LogP contribution in [0.3, 0.4) is 0 Å². The molecule has 0 bridgehead atoms. The molecule has 4 nitrogen and oxygen atoms in total. The van der Waals surface area contributed by atoms with E-state index in [-0.39, 0.29) is 30.5 Å². The second kappa shape index (κ2) is 9.26. The minimum Gasteiger partial charge on any atom is -0.364 e. The van der Waals surface area contributed by atoms with Crippen LogP contribution in [0, 0.1) is 0 Å². The molecule has 1 fully saturated rings. The standard InChI is InChI=1S/C15H21ClN2O2.ClH/c16-12-5-3-11(4-6-12)2-1-9-18-15(19)14-8-7-13(10-17)20-14;/h3-6,13-14H,1-2,7-10,17H2,(H,18,19);1H/t13-,14+;/m1./s1. The van der Waals surface area contributed by atoms with Crippen LogP contribution in [0.4, 0.5) is 0 Å². The highest BCUT2D eigenvalue weighted by Crippen LogP contribution is 2.18. The van der Waals surface area contributed by atoms with Crippen molar-refractivity contribution >= 4 is 29.9 Å². The van der Waals surface area contributed by atoms with Crippen molar-refractivity contribution < 1.29 is 9.53 Å². The van der Waals surface area contributed by atoms with E-state index >= 15 is 0 Å². The van der Waals surface area contributed by atoms with Crippen molar-refractivity contribution in [1.29, 1.82) is 0 Å². The van der Waals surface area contributed by atoms with Gasteiger partial charge in [0.15, 0.2) is 0 Å². The quantitative estimate of drug-likeness (QED) is 0.786. The predicted octanol–water partition coefficient (Wildman–Crippen LogP) is 2.32. The smallest absolute Gasteiger partial charge is 0.249 e. The largest absolute Gasteiger partial charge is 0.364 e. The topological polar surface area (TPSA) is 64.4 Å². The van der Waals surface area contributed by atoms with Gasteiger partial charge in [-0.25, -0.2) is 0 Å². The first kappa shape index (κ1) is 18.2. The minimum absolute atomic E-state index is 0. The summed E-state index contributed by atoms with van der Waals surface area (Å²) in [6, 6.07) is 7.79. The van der Waals surface area contributed by atoms with Gasteiger partial charge in [0.05, 0.1) is 6.10 Å². The van der Waals surface area contributed by atoms with E-state index < -0.39 is 0 Å². The summed E-state index contributed by atoms with van der Waals surface area (Å²) in [4.78, 5) is 11.9. The third-order valence-electron chi connectivity index (χ3n) is 3.52. The normalized spacial score (nSPS) is 20.9. The van der Waals surface area contributed by atoms with E-state index in [1.807, 2.05) is 24.3 Å². The van der Waals surface area contributed by atoms with Gasteiger partial charge in [-0.1, -0.05) is 23.7 Å². The molecule has 1 amide bonds. The van der Waals surface area contributed by atoms with Gasteiger partial charge in [-0.3, -0.25) is 4.79 Å². The van der Waals surface area contributed by atoms with Crippen LogP contribution >= 0.6 is 24.0 Å². The molecule has 1 heterocycles. The minimum atomic E-state index is -0.320. The van der Waals surface area contributed by atoms with E-state index in [0.29, 0.717) is 13.1 Å². The Labute approximate surface area is 136 Å². The molecule has 6 heteroatoms. The summed E-state index contributed by atoms with van der Waals surface area (Å²) in [5, 5.41) is 3.67. The van der Waals surface area contributed by atoms with E-state index in [0.717, 1.165) is 30.7 Å². The number of amides is 1. The maximum atomic E-state index is 11.9. The van der Waals surface area contributed by atoms with Gasteiger partial charge in [-0.05, 0) is 43.4 Å². The van der Waals surface area contributed by atoms with Crippen molar-refractivity contribution in [2.75, 3.05) is 13.1 Å². The van der Waals surface area contributed by atoms with Crippen LogP contribution in [0.5, 0.6) is 0 Å². The summed E-state index contributed by atoms with van der Waals surface area (Å²) >= 11 is 5.83. The fraction of sp³-hybridized carbons (Fsp3) is 0.533. The molecule has 21 heavy (non-hydrogen) atoms. The zero-order chi connectivity index (χ0) is 14.4. The van der Waals surface area contributed by atoms with Crippen molar-refractivity contribution in [3.8, 4) is 0 Å². The number of halogens is 2. The van der Waals surface area contributed by atoms with Gasteiger partial charge in [-0.2, -0.15) is 0 Å². The lowest BCUT2D eigenvalue weighted by Gasteiger charge is -2.12. The Morgan fingerprint density at radius 2 is 2.05 bits per heavy atom. The van der Waals surface area contributed by atoms with Crippen molar-refractivity contribution in [3.63, 3.8) is 0 Å². The molecule has 1 aliphatic heterocycles. The molecule has 1 aromatic rings. The number of aryl methyl sites for hydroxylation is 1. The van der Waals surface area contributed by atoms with Crippen LogP contribution in [-0.4, -0.2) is 31.2 Å². The Morgan fingerprint density at radius 1 is 1.33 bits per heavy atom. The molecular formula is C15H22Cl2N2O2. The Bertz CT molecular complexity index is 440. The Kier molecular flexibility index (Phi) is 8.04. The zero-order valence-electron chi connectivity index (χ0n) is 11.9. The van der Waals surface area contributed by atoms with Crippen LogP contribution in [0.15, 0.2) is 24.3 Å². The molecule has 0 aromatic heterocycles. The van der Waals surface area contributed by atoms with Crippen LogP contribution in [0.2, 0.25) is 5.02 Å². The molecule has 0 spiro atoms. The van der Waals surface area contributed by atoms with Crippen LogP contribution in [-0.2, 0) is 16.0 Å². The summed E-state index contributed by atoms with van der Waals surface area (Å²) in [7, 11) is 0. The van der Waals surface area contributed by atoms with E-state index in [4.69, 9.17) is 22.1 Å². The third kappa shape index (κ3) is 5.83. The Hall–Kier alpha value is -0.810. The first-order valence-corrected chi connectivity index (χ1v) is 7.44. The lowest BCUT2D eigenvalue weighted by molar-refractivity contribution is -0.131. The van der Waals surface area contributed by atoms with Crippen LogP contribution < -0.4 is 11.1 Å². The predicted molar refractivity (Wildman–Crippen MR) is 87.0 cm³/mol. The van der Waals surface area contributed by atoms with Gasteiger partial charge in [0, 0.05) is 18.1 Å². The van der Waals surface area contributed by atoms with Gasteiger partial charge in [0.2, 0.25) is 5.91 Å². The number of carbonyl (C=O) groups is 1. The second-order valence-corrected chi connectivity index (χ2v) is 5.52. The van der Waals surface area contributed by atoms with Crippen LogP contribution in [0.1, 0.15) is 24.8 Å². The zero-order valence-corrected chi connectivity index (χ0v) is 13.5. The number of hydrogen-bond acceptors (Lipinski definition) is 3. The van der Waals surface area contributed by atoms with Crippen LogP contribution in [0.25, 0.3) is 0 Å². The highest BCUT2D eigenvalue weighted by molar-refractivity contribution is 6.30. The number of hydrogen-bond donors (Lipinski definition) is 2. The van der Waals surface area contributed by atoms with Crippen molar-refractivity contribution in [1.82, 2.24) is 5.32 Å². The van der Waals surface area contributed by atoms with E-state index in [2.05, 4.69) is 5.32 Å². The maximum Gasteiger partial charge on any atom is 0.249 e. The fourth-order valence-electron chi connectivity index (χ4n) is 2.34. The average molecular weight is 333 g/mol. The van der Waals surface area contributed by atoms with Crippen molar-refractivity contribution in [2.24, 2.45) is 5.73 Å². The number of nitrogens with one attached hydrogen (secondary N) is 1. The molecule has 0 saturated carbocycles. The average Bonchev–Trinajstić information content (AvgIpc) is 2.94. The number of carbonyl (C=O) groups excluding carboxylic acids is 1. The molecule has 0 radical (unpaired) electrons. The fourth-order valence-corrected chi connectivity index (χ4v) is 2.47. The molecule has 0 unspecified atom stereocenters. The molecule has 118 valence electrons. The Balaban J connectivity index is 0.00000220. The molecular weight excluding hydrogens is 311 g/mol. The van der Waals surface area contributed by atoms with Crippen molar-refractivity contribution in [3.05, 3.63) is 34.9 Å². The summed E-state index contributed by atoms with van der Waals surface area (Å²) in [6.07, 6.45) is 3.19. The summed E-state index contributed by atoms with van der Waals surface area (Å²) in [6.45, 7) is 1.15. The molecule has 0 aliphatic carbocycles. The first-order valence-electron chi connectivity index (χ1n) is 7.06. The lowest BCUT2D eigenvalue weighted by atomic mass is 10.1. The van der Waals surface area contributed by atoms with E-state index in [1.54, 1.807) is 0 Å². The summed E-state index contributed by atoms with van der Waals surface area (Å²) < 4.78 is 5.55. The number of ether oxygens (including phenoxy) is 1. The maximum absolute atomic E-state index is 11.9. The van der Waals surface area contributed by atoms with E-state index in [1.165, 1.54) is 5.56 Å². The Morgan fingerprint density at radius 3 is 2.67 bits per heavy atom. The highest BCUT2D eigenvalue weighted by Gasteiger charge is 2.29. The second-order valence-electron chi connectivity index (χ2n) is 5.08. The molecule has 2 atom stereocenters. The molecule has 1 aromatic carbocycles. The lowest BCUT2D eigenvalue weighted by Crippen LogP contribution is -2.36. The number of benzene rings is 1. The van der Waals surface area contributed by atoms with Gasteiger partial charge in [-0.15, -0.1) is 12.4 Å². The molecule has 2 rings (SSSR count). The van der Waals surface area contributed by atoms with E-state index in [9.17, 15) is 4.79 Å². The van der Waals surface area contributed by atoms with Gasteiger partial charge >= 0.3 is 0 Å². The molecule has 1 saturated heterocycles. The molecule has 1 aliphatic rings. The summed E-state index contributed by atoms with van der Waals surface area (Å²) in [5.41, 5.74) is 6.75. The monoisotopic (exact) mass is 332 g/mol. The highest BCUT2D eigenvalue weighted by atomic mass is 35.5. The number of rotatable bonds is 6. The van der Waals surface area contributed by atoms with Crippen molar-refractivity contribution in [2.45, 2.75) is 37.9 Å². The van der Waals surface area contributed by atoms with Gasteiger partial charge < -0.3 is 15.8 Å². The van der Waals surface area contributed by atoms with Gasteiger partial charge in [0.1, 0.15) is 6.10 Å². The third-order valence-corrected chi connectivity index (χ3v) is 3.77. The number of nitrogens with two attached hydrogens (primary N) is 1. The molecule has 3 N–H and O–H groups in total. The summed E-state index contributed by atoms with van der Waals surface area (Å²) in [5.74, 6) is -0.0166. The SMILES string of the molecule is Cl.NC[C@H]1CC[C@@H](C(=O)NCCCc2ccc(Cl)cc2)O1. The first-order chi connectivity index (χ1) is 9.69.